The lowest BCUT2D eigenvalue weighted by Crippen LogP contribution is -2.30. The molecule has 0 saturated heterocycles. The van der Waals surface area contributed by atoms with Gasteiger partial charge < -0.3 is 14.2 Å². The molecular weight excluding hydrogens is 853 g/mol. The number of esters is 3. The van der Waals surface area contributed by atoms with E-state index < -0.39 is 6.10 Å². The SMILES string of the molecule is CCCCCC/C=C\C/C=C\CCCCCCCC(=O)OC(COC(=O)CCCCCCCCCCC/C=C\CCCCCCCCCC)COC(=O)CCCCCCCCCCCCCCCC. The molecule has 0 aromatic rings. The van der Waals surface area contributed by atoms with Crippen LogP contribution in [0.3, 0.4) is 0 Å². The van der Waals surface area contributed by atoms with E-state index in [9.17, 15) is 14.4 Å². The van der Waals surface area contributed by atoms with Crippen LogP contribution in [0.5, 0.6) is 0 Å². The lowest BCUT2D eigenvalue weighted by Gasteiger charge is -2.18. The fourth-order valence-electron chi connectivity index (χ4n) is 9.00. The molecule has 69 heavy (non-hydrogen) atoms. The zero-order valence-corrected chi connectivity index (χ0v) is 46.3. The molecule has 0 aliphatic rings. The van der Waals surface area contributed by atoms with Crippen molar-refractivity contribution in [3.63, 3.8) is 0 Å². The van der Waals surface area contributed by atoms with E-state index in [-0.39, 0.29) is 31.1 Å². The van der Waals surface area contributed by atoms with Crippen LogP contribution >= 0.6 is 0 Å². The van der Waals surface area contributed by atoms with Gasteiger partial charge in [0, 0.05) is 19.3 Å². The molecule has 0 N–H and O–H groups in total. The summed E-state index contributed by atoms with van der Waals surface area (Å²) >= 11 is 0. The van der Waals surface area contributed by atoms with E-state index >= 15 is 0 Å². The zero-order chi connectivity index (χ0) is 50.0. The molecular formula is C63H116O6. The highest BCUT2D eigenvalue weighted by Gasteiger charge is 2.19. The Balaban J connectivity index is 4.32. The summed E-state index contributed by atoms with van der Waals surface area (Å²) in [6.07, 6.45) is 69.9. The first-order chi connectivity index (χ1) is 34.0. The highest BCUT2D eigenvalue weighted by Crippen LogP contribution is 2.17. The normalized spacial score (nSPS) is 12.2. The number of allylic oxidation sites excluding steroid dienone is 6. The van der Waals surface area contributed by atoms with Gasteiger partial charge in [0.1, 0.15) is 13.2 Å². The molecule has 0 aliphatic carbocycles. The van der Waals surface area contributed by atoms with Crippen molar-refractivity contribution >= 4 is 17.9 Å². The third-order valence-electron chi connectivity index (χ3n) is 13.6. The summed E-state index contributed by atoms with van der Waals surface area (Å²) in [5.74, 6) is -0.871. The van der Waals surface area contributed by atoms with Crippen molar-refractivity contribution < 1.29 is 28.6 Å². The number of hydrogen-bond donors (Lipinski definition) is 0. The molecule has 0 rings (SSSR count). The Morgan fingerprint density at radius 1 is 0.290 bits per heavy atom. The number of ether oxygens (including phenoxy) is 3. The van der Waals surface area contributed by atoms with Crippen LogP contribution in [-0.4, -0.2) is 37.2 Å². The molecule has 0 amide bonds. The number of hydrogen-bond acceptors (Lipinski definition) is 6. The van der Waals surface area contributed by atoms with Gasteiger partial charge in [-0.3, -0.25) is 14.4 Å². The number of carbonyl (C=O) groups is 3. The van der Waals surface area contributed by atoms with Crippen LogP contribution in [0.4, 0.5) is 0 Å². The fourth-order valence-corrected chi connectivity index (χ4v) is 9.00. The van der Waals surface area contributed by atoms with Gasteiger partial charge in [-0.15, -0.1) is 0 Å². The quantitative estimate of drug-likeness (QED) is 0.0261. The molecule has 404 valence electrons. The minimum atomic E-state index is -0.778. The Labute approximate surface area is 429 Å². The van der Waals surface area contributed by atoms with Gasteiger partial charge in [-0.2, -0.15) is 0 Å². The van der Waals surface area contributed by atoms with Gasteiger partial charge in [0.2, 0.25) is 0 Å². The number of unbranched alkanes of at least 4 members (excludes halogenated alkanes) is 39. The minimum absolute atomic E-state index is 0.0746. The summed E-state index contributed by atoms with van der Waals surface area (Å²) in [6, 6.07) is 0. The monoisotopic (exact) mass is 969 g/mol. The van der Waals surface area contributed by atoms with Crippen molar-refractivity contribution in [2.75, 3.05) is 13.2 Å². The average molecular weight is 970 g/mol. The lowest BCUT2D eigenvalue weighted by molar-refractivity contribution is -0.167. The van der Waals surface area contributed by atoms with Gasteiger partial charge in [0.05, 0.1) is 0 Å². The summed E-state index contributed by atoms with van der Waals surface area (Å²) in [7, 11) is 0. The van der Waals surface area contributed by atoms with Crippen molar-refractivity contribution in [2.24, 2.45) is 0 Å². The molecule has 0 fully saturated rings. The van der Waals surface area contributed by atoms with Crippen molar-refractivity contribution in [1.82, 2.24) is 0 Å². The van der Waals surface area contributed by atoms with E-state index in [0.717, 1.165) is 83.5 Å². The third kappa shape index (κ3) is 56.4. The maximum Gasteiger partial charge on any atom is 0.306 e. The molecule has 1 unspecified atom stereocenters. The summed E-state index contributed by atoms with van der Waals surface area (Å²) in [4.78, 5) is 38.2. The standard InChI is InChI=1S/C63H116O6/c1-4-7-10-13-16-19-22-25-28-30-31-32-33-34-36-38-41-44-47-50-53-56-62(65)68-59-60(58-67-61(64)55-52-49-46-43-40-37-27-24-21-18-15-12-9-6-3)69-63(66)57-54-51-48-45-42-39-35-29-26-23-20-17-14-11-8-5-2/h20,23,29-31,35,60H,4-19,21-22,24-28,32-34,36-59H2,1-3H3/b23-20-,31-30-,35-29-. The van der Waals surface area contributed by atoms with E-state index in [1.807, 2.05) is 0 Å². The van der Waals surface area contributed by atoms with Gasteiger partial charge in [-0.25, -0.2) is 0 Å². The number of carbonyl (C=O) groups excluding carboxylic acids is 3. The van der Waals surface area contributed by atoms with Crippen molar-refractivity contribution in [2.45, 2.75) is 335 Å². The Bertz CT molecular complexity index is 1160. The third-order valence-corrected chi connectivity index (χ3v) is 13.6. The van der Waals surface area contributed by atoms with E-state index in [4.69, 9.17) is 14.2 Å². The molecule has 0 radical (unpaired) electrons. The van der Waals surface area contributed by atoms with E-state index in [2.05, 4.69) is 57.2 Å². The average Bonchev–Trinajstić information content (AvgIpc) is 3.35. The maximum absolute atomic E-state index is 12.9. The minimum Gasteiger partial charge on any atom is -0.462 e. The van der Waals surface area contributed by atoms with Gasteiger partial charge in [-0.1, -0.05) is 269 Å². The van der Waals surface area contributed by atoms with Crippen molar-refractivity contribution in [3.8, 4) is 0 Å². The molecule has 0 aliphatic heterocycles. The first-order valence-corrected chi connectivity index (χ1v) is 30.5. The second-order valence-electron chi connectivity index (χ2n) is 20.6. The van der Waals surface area contributed by atoms with Crippen LogP contribution < -0.4 is 0 Å². The van der Waals surface area contributed by atoms with Crippen LogP contribution in [0.25, 0.3) is 0 Å². The topological polar surface area (TPSA) is 78.9 Å². The van der Waals surface area contributed by atoms with E-state index in [1.165, 1.54) is 205 Å². The number of rotatable bonds is 56. The first kappa shape index (κ1) is 66.6. The Morgan fingerprint density at radius 3 is 0.826 bits per heavy atom. The summed E-state index contributed by atoms with van der Waals surface area (Å²) in [5, 5.41) is 0. The predicted octanol–water partition coefficient (Wildman–Crippen LogP) is 20.4. The van der Waals surface area contributed by atoms with Gasteiger partial charge >= 0.3 is 17.9 Å². The van der Waals surface area contributed by atoms with E-state index in [1.54, 1.807) is 0 Å². The maximum atomic E-state index is 12.9. The summed E-state index contributed by atoms with van der Waals surface area (Å²) in [5.41, 5.74) is 0. The van der Waals surface area contributed by atoms with Gasteiger partial charge in [0.25, 0.3) is 0 Å². The molecule has 6 heteroatoms. The summed E-state index contributed by atoms with van der Waals surface area (Å²) < 4.78 is 16.9. The van der Waals surface area contributed by atoms with Crippen LogP contribution in [0.15, 0.2) is 36.5 Å². The second kappa shape index (κ2) is 58.2. The summed E-state index contributed by atoms with van der Waals surface area (Å²) in [6.45, 7) is 6.66. The van der Waals surface area contributed by atoms with Crippen LogP contribution in [0.1, 0.15) is 329 Å². The van der Waals surface area contributed by atoms with Crippen LogP contribution in [0, 0.1) is 0 Å². The van der Waals surface area contributed by atoms with E-state index in [0.29, 0.717) is 19.3 Å². The lowest BCUT2D eigenvalue weighted by atomic mass is 10.0. The smallest absolute Gasteiger partial charge is 0.306 e. The first-order valence-electron chi connectivity index (χ1n) is 30.5. The molecule has 0 bridgehead atoms. The molecule has 6 nitrogen and oxygen atoms in total. The highest BCUT2D eigenvalue weighted by molar-refractivity contribution is 5.71. The largest absolute Gasteiger partial charge is 0.462 e. The Kier molecular flexibility index (Phi) is 56.2. The fraction of sp³-hybridized carbons (Fsp3) is 0.857. The highest BCUT2D eigenvalue weighted by atomic mass is 16.6. The zero-order valence-electron chi connectivity index (χ0n) is 46.3. The predicted molar refractivity (Wildman–Crippen MR) is 298 cm³/mol. The van der Waals surface area contributed by atoms with Gasteiger partial charge in [0.15, 0.2) is 6.10 Å². The van der Waals surface area contributed by atoms with Crippen molar-refractivity contribution in [3.05, 3.63) is 36.5 Å². The van der Waals surface area contributed by atoms with Crippen LogP contribution in [-0.2, 0) is 28.6 Å². The Morgan fingerprint density at radius 2 is 0.522 bits per heavy atom. The van der Waals surface area contributed by atoms with Gasteiger partial charge in [-0.05, 0) is 77.0 Å². The molecule has 0 saturated carbocycles. The Hall–Kier alpha value is -2.37. The van der Waals surface area contributed by atoms with Crippen molar-refractivity contribution in [1.29, 1.82) is 0 Å². The van der Waals surface area contributed by atoms with Crippen LogP contribution in [0.2, 0.25) is 0 Å². The molecule has 0 aromatic heterocycles. The molecule has 0 aromatic carbocycles. The molecule has 1 atom stereocenters. The molecule has 0 spiro atoms. The second-order valence-corrected chi connectivity index (χ2v) is 20.6. The molecule has 0 heterocycles.